The van der Waals surface area contributed by atoms with Gasteiger partial charge in [0.2, 0.25) is 0 Å². The van der Waals surface area contributed by atoms with E-state index in [4.69, 9.17) is 0 Å². The maximum Gasteiger partial charge on any atom is 0.251 e. The Hall–Kier alpha value is -2.29. The Morgan fingerprint density at radius 3 is 2.45 bits per heavy atom. The SMILES string of the molecule is CNC(=O)c1ccc(N2CCc3ccccc3C2)cc1. The van der Waals surface area contributed by atoms with Crippen LogP contribution in [-0.2, 0) is 13.0 Å². The van der Waals surface area contributed by atoms with Crippen LogP contribution in [-0.4, -0.2) is 19.5 Å². The topological polar surface area (TPSA) is 32.3 Å². The lowest BCUT2D eigenvalue weighted by atomic mass is 9.99. The first-order valence-electron chi connectivity index (χ1n) is 6.92. The zero-order valence-corrected chi connectivity index (χ0v) is 11.6. The first-order valence-corrected chi connectivity index (χ1v) is 6.92. The van der Waals surface area contributed by atoms with Gasteiger partial charge in [-0.1, -0.05) is 24.3 Å². The molecule has 0 aromatic heterocycles. The molecule has 0 fully saturated rings. The van der Waals surface area contributed by atoms with Gasteiger partial charge in [0.1, 0.15) is 0 Å². The second kappa shape index (κ2) is 5.37. The number of anilines is 1. The molecule has 1 N–H and O–H groups in total. The number of hydrogen-bond acceptors (Lipinski definition) is 2. The van der Waals surface area contributed by atoms with E-state index in [2.05, 4.69) is 34.5 Å². The molecule has 0 spiro atoms. The lowest BCUT2D eigenvalue weighted by Gasteiger charge is -2.30. The van der Waals surface area contributed by atoms with Gasteiger partial charge in [-0.3, -0.25) is 4.79 Å². The van der Waals surface area contributed by atoms with Gasteiger partial charge in [-0.25, -0.2) is 0 Å². The molecule has 0 saturated carbocycles. The van der Waals surface area contributed by atoms with Gasteiger partial charge in [-0.15, -0.1) is 0 Å². The van der Waals surface area contributed by atoms with E-state index in [-0.39, 0.29) is 5.91 Å². The highest BCUT2D eigenvalue weighted by Crippen LogP contribution is 2.24. The number of carbonyl (C=O) groups is 1. The van der Waals surface area contributed by atoms with Gasteiger partial charge in [0.15, 0.2) is 0 Å². The average Bonchev–Trinajstić information content (AvgIpc) is 2.54. The molecule has 2 aromatic rings. The van der Waals surface area contributed by atoms with Crippen molar-refractivity contribution in [3.8, 4) is 0 Å². The fourth-order valence-electron chi connectivity index (χ4n) is 2.68. The van der Waals surface area contributed by atoms with E-state index in [1.54, 1.807) is 7.05 Å². The minimum absolute atomic E-state index is 0.0412. The average molecular weight is 266 g/mol. The summed E-state index contributed by atoms with van der Waals surface area (Å²) < 4.78 is 0. The number of amides is 1. The number of nitrogens with one attached hydrogen (secondary N) is 1. The van der Waals surface area contributed by atoms with Gasteiger partial charge in [0, 0.05) is 31.4 Å². The summed E-state index contributed by atoms with van der Waals surface area (Å²) in [5, 5.41) is 2.64. The monoisotopic (exact) mass is 266 g/mol. The molecular formula is C17H18N2O. The predicted molar refractivity (Wildman–Crippen MR) is 81.0 cm³/mol. The van der Waals surface area contributed by atoms with E-state index in [0.717, 1.165) is 19.5 Å². The van der Waals surface area contributed by atoms with Crippen LogP contribution in [0.5, 0.6) is 0 Å². The van der Waals surface area contributed by atoms with E-state index in [0.29, 0.717) is 5.56 Å². The number of benzene rings is 2. The second-order valence-electron chi connectivity index (χ2n) is 5.07. The Balaban J connectivity index is 1.79. The third kappa shape index (κ3) is 2.39. The van der Waals surface area contributed by atoms with Crippen molar-refractivity contribution < 1.29 is 4.79 Å². The summed E-state index contributed by atoms with van der Waals surface area (Å²) in [4.78, 5) is 13.9. The van der Waals surface area contributed by atoms with Crippen LogP contribution >= 0.6 is 0 Å². The van der Waals surface area contributed by atoms with Crippen LogP contribution in [0.15, 0.2) is 48.5 Å². The lowest BCUT2D eigenvalue weighted by Crippen LogP contribution is -2.30. The summed E-state index contributed by atoms with van der Waals surface area (Å²) in [7, 11) is 1.65. The molecule has 1 heterocycles. The van der Waals surface area contributed by atoms with Crippen molar-refractivity contribution in [2.45, 2.75) is 13.0 Å². The van der Waals surface area contributed by atoms with Crippen LogP contribution in [0, 0.1) is 0 Å². The fraction of sp³-hybridized carbons (Fsp3) is 0.235. The van der Waals surface area contributed by atoms with E-state index in [9.17, 15) is 4.79 Å². The van der Waals surface area contributed by atoms with E-state index >= 15 is 0 Å². The Labute approximate surface area is 119 Å². The zero-order chi connectivity index (χ0) is 13.9. The molecule has 0 unspecified atom stereocenters. The molecule has 20 heavy (non-hydrogen) atoms. The molecule has 102 valence electrons. The Kier molecular flexibility index (Phi) is 3.42. The van der Waals surface area contributed by atoms with Gasteiger partial charge in [0.05, 0.1) is 0 Å². The molecule has 1 aliphatic rings. The Morgan fingerprint density at radius 1 is 1.05 bits per heavy atom. The molecule has 0 bridgehead atoms. The highest BCUT2D eigenvalue weighted by molar-refractivity contribution is 5.94. The predicted octanol–water partition coefficient (Wildman–Crippen LogP) is 2.61. The van der Waals surface area contributed by atoms with Crippen LogP contribution in [0.25, 0.3) is 0 Å². The maximum absolute atomic E-state index is 11.5. The summed E-state index contributed by atoms with van der Waals surface area (Å²) in [5.41, 5.74) is 4.72. The lowest BCUT2D eigenvalue weighted by molar-refractivity contribution is 0.0963. The maximum atomic E-state index is 11.5. The normalized spacial score (nSPS) is 13.8. The molecule has 0 saturated heterocycles. The van der Waals surface area contributed by atoms with Crippen LogP contribution in [0.2, 0.25) is 0 Å². The summed E-state index contributed by atoms with van der Waals surface area (Å²) in [6.07, 6.45) is 1.08. The smallest absolute Gasteiger partial charge is 0.251 e. The first-order chi connectivity index (χ1) is 9.78. The van der Waals surface area contributed by atoms with Crippen molar-refractivity contribution in [2.75, 3.05) is 18.5 Å². The minimum atomic E-state index is -0.0412. The highest BCUT2D eigenvalue weighted by Gasteiger charge is 2.16. The second-order valence-corrected chi connectivity index (χ2v) is 5.07. The quantitative estimate of drug-likeness (QED) is 0.906. The molecule has 3 rings (SSSR count). The molecule has 0 atom stereocenters. The third-order valence-electron chi connectivity index (χ3n) is 3.85. The number of rotatable bonds is 2. The molecule has 0 aliphatic carbocycles. The van der Waals surface area contributed by atoms with Crippen molar-refractivity contribution in [3.63, 3.8) is 0 Å². The summed E-state index contributed by atoms with van der Waals surface area (Å²) in [5.74, 6) is -0.0412. The van der Waals surface area contributed by atoms with Gasteiger partial charge in [0.25, 0.3) is 5.91 Å². The molecule has 3 nitrogen and oxygen atoms in total. The number of nitrogens with zero attached hydrogens (tertiary/aromatic N) is 1. The van der Waals surface area contributed by atoms with E-state index < -0.39 is 0 Å². The van der Waals surface area contributed by atoms with Gasteiger partial charge in [-0.2, -0.15) is 0 Å². The zero-order valence-electron chi connectivity index (χ0n) is 11.6. The Bertz CT molecular complexity index is 619. The Morgan fingerprint density at radius 2 is 1.75 bits per heavy atom. The van der Waals surface area contributed by atoms with Gasteiger partial charge < -0.3 is 10.2 Å². The summed E-state index contributed by atoms with van der Waals surface area (Å²) in [6, 6.07) is 16.4. The fourth-order valence-corrected chi connectivity index (χ4v) is 2.68. The largest absolute Gasteiger partial charge is 0.367 e. The van der Waals surface area contributed by atoms with Crippen molar-refractivity contribution in [1.82, 2.24) is 5.32 Å². The summed E-state index contributed by atoms with van der Waals surface area (Å²) >= 11 is 0. The molecule has 2 aromatic carbocycles. The van der Waals surface area contributed by atoms with Crippen LogP contribution in [0.3, 0.4) is 0 Å². The van der Waals surface area contributed by atoms with Crippen LogP contribution in [0.1, 0.15) is 21.5 Å². The van der Waals surface area contributed by atoms with Gasteiger partial charge >= 0.3 is 0 Å². The van der Waals surface area contributed by atoms with E-state index in [1.165, 1.54) is 16.8 Å². The number of carbonyl (C=O) groups excluding carboxylic acids is 1. The third-order valence-corrected chi connectivity index (χ3v) is 3.85. The van der Waals surface area contributed by atoms with Crippen LogP contribution < -0.4 is 10.2 Å². The van der Waals surface area contributed by atoms with Crippen molar-refractivity contribution in [3.05, 3.63) is 65.2 Å². The van der Waals surface area contributed by atoms with Crippen molar-refractivity contribution in [1.29, 1.82) is 0 Å². The van der Waals surface area contributed by atoms with Crippen molar-refractivity contribution in [2.24, 2.45) is 0 Å². The highest BCUT2D eigenvalue weighted by atomic mass is 16.1. The van der Waals surface area contributed by atoms with E-state index in [1.807, 2.05) is 24.3 Å². The number of hydrogen-bond donors (Lipinski definition) is 1. The summed E-state index contributed by atoms with van der Waals surface area (Å²) in [6.45, 7) is 1.96. The van der Waals surface area contributed by atoms with Crippen LogP contribution in [0.4, 0.5) is 5.69 Å². The first kappa shape index (κ1) is 12.7. The molecule has 1 amide bonds. The van der Waals surface area contributed by atoms with Gasteiger partial charge in [-0.05, 0) is 41.8 Å². The molecule has 0 radical (unpaired) electrons. The molecular weight excluding hydrogens is 248 g/mol. The standard InChI is InChI=1S/C17H18N2O/c1-18-17(20)14-6-8-16(9-7-14)19-11-10-13-4-2-3-5-15(13)12-19/h2-9H,10-12H2,1H3,(H,18,20). The molecule has 1 aliphatic heterocycles. The molecule has 3 heteroatoms. The van der Waals surface area contributed by atoms with Crippen molar-refractivity contribution >= 4 is 11.6 Å². The number of fused-ring (bicyclic) bond motifs is 1. The minimum Gasteiger partial charge on any atom is -0.367 e.